The van der Waals surface area contributed by atoms with E-state index >= 15 is 0 Å². The van der Waals surface area contributed by atoms with E-state index in [4.69, 9.17) is 9.84 Å². The van der Waals surface area contributed by atoms with Crippen molar-refractivity contribution < 1.29 is 24.2 Å². The van der Waals surface area contributed by atoms with Gasteiger partial charge < -0.3 is 20.5 Å². The third-order valence-corrected chi connectivity index (χ3v) is 6.10. The maximum atomic E-state index is 12.3. The van der Waals surface area contributed by atoms with E-state index in [0.717, 1.165) is 31.4 Å². The van der Waals surface area contributed by atoms with Gasteiger partial charge >= 0.3 is 5.97 Å². The molecule has 2 amide bonds. The molecule has 3 N–H and O–H groups in total. The largest absolute Gasteiger partial charge is 0.481 e. The molecular formula is C24H32N2O5. The Morgan fingerprint density at radius 3 is 2.42 bits per heavy atom. The van der Waals surface area contributed by atoms with Crippen LogP contribution in [0.1, 0.15) is 51.4 Å². The quantitative estimate of drug-likeness (QED) is 0.349. The monoisotopic (exact) mass is 428 g/mol. The number of carboxylic acid groups (broad SMARTS) is 1. The first-order valence-electron chi connectivity index (χ1n) is 11.2. The average Bonchev–Trinajstić information content (AvgIpc) is 3.35. The minimum Gasteiger partial charge on any atom is -0.481 e. The number of fused-ring (bicyclic) bond motifs is 2. The molecule has 1 aromatic carbocycles. The van der Waals surface area contributed by atoms with Gasteiger partial charge in [-0.15, -0.1) is 0 Å². The summed E-state index contributed by atoms with van der Waals surface area (Å²) in [6.07, 6.45) is 9.50. The summed E-state index contributed by atoms with van der Waals surface area (Å²) in [5.41, 5.74) is 0.728. The number of rotatable bonds is 12. The molecule has 31 heavy (non-hydrogen) atoms. The van der Waals surface area contributed by atoms with Crippen molar-refractivity contribution in [2.24, 2.45) is 11.8 Å². The maximum Gasteiger partial charge on any atom is 0.303 e. The minimum atomic E-state index is -0.761. The lowest BCUT2D eigenvalue weighted by molar-refractivity contribution is -0.137. The van der Waals surface area contributed by atoms with Crippen LogP contribution in [0.3, 0.4) is 0 Å². The Kier molecular flexibility index (Phi) is 8.64. The Hall–Kier alpha value is -2.67. The molecule has 0 aliphatic carbocycles. The third-order valence-electron chi connectivity index (χ3n) is 6.10. The number of anilines is 1. The second-order valence-corrected chi connectivity index (χ2v) is 8.33. The van der Waals surface area contributed by atoms with Crippen LogP contribution in [0.2, 0.25) is 0 Å². The zero-order valence-electron chi connectivity index (χ0n) is 17.8. The molecule has 2 saturated heterocycles. The molecule has 2 bridgehead atoms. The number of carbonyl (C=O) groups is 3. The van der Waals surface area contributed by atoms with Gasteiger partial charge in [0.05, 0.1) is 12.2 Å². The summed E-state index contributed by atoms with van der Waals surface area (Å²) < 4.78 is 6.08. The molecule has 0 spiro atoms. The van der Waals surface area contributed by atoms with Crippen molar-refractivity contribution in [2.75, 3.05) is 11.9 Å². The van der Waals surface area contributed by atoms with Crippen LogP contribution in [0.15, 0.2) is 42.5 Å². The molecule has 0 aromatic heterocycles. The van der Waals surface area contributed by atoms with Crippen molar-refractivity contribution in [2.45, 2.75) is 63.6 Å². The number of nitrogens with one attached hydrogen (secondary N) is 2. The number of para-hydroxylation sites is 1. The Morgan fingerprint density at radius 2 is 1.68 bits per heavy atom. The van der Waals surface area contributed by atoms with Gasteiger partial charge in [0.1, 0.15) is 0 Å². The van der Waals surface area contributed by atoms with Crippen molar-refractivity contribution in [1.82, 2.24) is 5.32 Å². The fourth-order valence-electron chi connectivity index (χ4n) is 4.51. The van der Waals surface area contributed by atoms with Crippen LogP contribution < -0.4 is 10.6 Å². The van der Waals surface area contributed by atoms with E-state index in [1.54, 1.807) is 0 Å². The molecule has 0 saturated carbocycles. The van der Waals surface area contributed by atoms with E-state index in [1.807, 2.05) is 30.3 Å². The number of hydrogen-bond donors (Lipinski definition) is 3. The van der Waals surface area contributed by atoms with Gasteiger partial charge in [-0.3, -0.25) is 14.4 Å². The van der Waals surface area contributed by atoms with Gasteiger partial charge in [-0.05, 0) is 50.2 Å². The molecule has 2 aliphatic rings. The number of carboxylic acids is 1. The molecule has 168 valence electrons. The van der Waals surface area contributed by atoms with E-state index in [2.05, 4.69) is 22.8 Å². The molecule has 1 aromatic rings. The van der Waals surface area contributed by atoms with E-state index in [1.165, 1.54) is 0 Å². The lowest BCUT2D eigenvalue weighted by Gasteiger charge is -2.27. The smallest absolute Gasteiger partial charge is 0.303 e. The molecular weight excluding hydrogens is 396 g/mol. The molecule has 7 heteroatoms. The predicted octanol–water partition coefficient (Wildman–Crippen LogP) is 3.52. The molecule has 0 radical (unpaired) electrons. The van der Waals surface area contributed by atoms with Crippen LogP contribution in [0.25, 0.3) is 0 Å². The molecule has 2 fully saturated rings. The summed E-state index contributed by atoms with van der Waals surface area (Å²) in [6, 6.07) is 9.20. The Balaban J connectivity index is 1.37. The normalized spacial score (nSPS) is 24.4. The second-order valence-electron chi connectivity index (χ2n) is 8.33. The summed E-state index contributed by atoms with van der Waals surface area (Å²) in [5.74, 6) is -0.395. The first kappa shape index (κ1) is 23.0. The first-order valence-corrected chi connectivity index (χ1v) is 11.2. The number of unbranched alkanes of at least 4 members (excludes halogenated alkanes) is 1. The average molecular weight is 429 g/mol. The number of aliphatic carboxylic acids is 1. The summed E-state index contributed by atoms with van der Waals surface area (Å²) in [4.78, 5) is 34.8. The Bertz CT molecular complexity index is 779. The van der Waals surface area contributed by atoms with Gasteiger partial charge in [0.25, 0.3) is 0 Å². The van der Waals surface area contributed by atoms with E-state index in [-0.39, 0.29) is 49.2 Å². The van der Waals surface area contributed by atoms with Crippen molar-refractivity contribution in [1.29, 1.82) is 0 Å². The van der Waals surface area contributed by atoms with Crippen LogP contribution >= 0.6 is 0 Å². The van der Waals surface area contributed by atoms with Crippen LogP contribution in [0.5, 0.6) is 0 Å². The van der Waals surface area contributed by atoms with Gasteiger partial charge in [-0.2, -0.15) is 0 Å². The molecule has 7 nitrogen and oxygen atoms in total. The Labute approximate surface area is 183 Å². The maximum absolute atomic E-state index is 12.3. The lowest BCUT2D eigenvalue weighted by Crippen LogP contribution is -2.38. The van der Waals surface area contributed by atoms with E-state index in [0.29, 0.717) is 18.9 Å². The number of allylic oxidation sites excluding steroid dienone is 2. The van der Waals surface area contributed by atoms with Crippen LogP contribution in [0.4, 0.5) is 5.69 Å². The first-order chi connectivity index (χ1) is 15.0. The standard InChI is InChI=1S/C24H32N2O5/c27-22(14-15-23(28)26-17-8-4-3-5-9-17)25-16-19-18(20-12-13-21(19)31-20)10-6-1-2-7-11-24(29)30/h1,3-6,8-9,18-21H,2,7,10-16H2,(H,25,27)(H,26,28)(H,29,30)/t18-,19+,20-,21+/m1/s1. The summed E-state index contributed by atoms with van der Waals surface area (Å²) in [5, 5.41) is 14.5. The molecule has 0 unspecified atom stereocenters. The zero-order chi connectivity index (χ0) is 22.1. The third kappa shape index (κ3) is 7.21. The van der Waals surface area contributed by atoms with E-state index < -0.39 is 5.97 Å². The highest BCUT2D eigenvalue weighted by molar-refractivity contribution is 5.93. The summed E-state index contributed by atoms with van der Waals surface area (Å²) >= 11 is 0. The fourth-order valence-corrected chi connectivity index (χ4v) is 4.51. The van der Waals surface area contributed by atoms with Crippen LogP contribution in [-0.2, 0) is 19.1 Å². The highest BCUT2D eigenvalue weighted by atomic mass is 16.5. The number of hydrogen-bond acceptors (Lipinski definition) is 4. The second kappa shape index (κ2) is 11.6. The SMILES string of the molecule is O=C(O)CCCC=CC[C@@H]1[C@H](CNC(=O)CCC(=O)Nc2ccccc2)[C@@H]2CC[C@H]1O2. The number of ether oxygens (including phenoxy) is 1. The van der Waals surface area contributed by atoms with Gasteiger partial charge in [0.15, 0.2) is 0 Å². The minimum absolute atomic E-state index is 0.117. The predicted molar refractivity (Wildman–Crippen MR) is 117 cm³/mol. The summed E-state index contributed by atoms with van der Waals surface area (Å²) in [6.45, 7) is 0.567. The van der Waals surface area contributed by atoms with Crippen molar-refractivity contribution in [3.05, 3.63) is 42.5 Å². The molecule has 4 atom stereocenters. The molecule has 2 heterocycles. The van der Waals surface area contributed by atoms with Crippen LogP contribution in [-0.4, -0.2) is 41.6 Å². The van der Waals surface area contributed by atoms with Gasteiger partial charge in [0, 0.05) is 37.4 Å². The van der Waals surface area contributed by atoms with Crippen molar-refractivity contribution in [3.8, 4) is 0 Å². The number of benzene rings is 1. The zero-order valence-corrected chi connectivity index (χ0v) is 17.8. The topological polar surface area (TPSA) is 105 Å². The van der Waals surface area contributed by atoms with Gasteiger partial charge in [0.2, 0.25) is 11.8 Å². The van der Waals surface area contributed by atoms with Crippen molar-refractivity contribution in [3.63, 3.8) is 0 Å². The van der Waals surface area contributed by atoms with Crippen molar-refractivity contribution >= 4 is 23.5 Å². The van der Waals surface area contributed by atoms with Crippen LogP contribution in [0, 0.1) is 11.8 Å². The Morgan fingerprint density at radius 1 is 0.968 bits per heavy atom. The van der Waals surface area contributed by atoms with Gasteiger partial charge in [-0.25, -0.2) is 0 Å². The summed E-state index contributed by atoms with van der Waals surface area (Å²) in [7, 11) is 0. The highest BCUT2D eigenvalue weighted by Gasteiger charge is 2.47. The highest BCUT2D eigenvalue weighted by Crippen LogP contribution is 2.44. The van der Waals surface area contributed by atoms with E-state index in [9.17, 15) is 14.4 Å². The lowest BCUT2D eigenvalue weighted by atomic mass is 9.77. The fraction of sp³-hybridized carbons (Fsp3) is 0.542. The number of amides is 2. The number of carbonyl (C=O) groups excluding carboxylic acids is 2. The molecule has 3 rings (SSSR count). The van der Waals surface area contributed by atoms with Gasteiger partial charge in [-0.1, -0.05) is 30.4 Å². The molecule has 2 aliphatic heterocycles.